The average Bonchev–Trinajstić information content (AvgIpc) is 2.73. The quantitative estimate of drug-likeness (QED) is 0.866. The van der Waals surface area contributed by atoms with E-state index in [1.54, 1.807) is 12.1 Å². The molecule has 132 valence electrons. The van der Waals surface area contributed by atoms with Gasteiger partial charge in [-0.25, -0.2) is 0 Å². The molecule has 1 aromatic carbocycles. The van der Waals surface area contributed by atoms with Gasteiger partial charge in [0, 0.05) is 11.4 Å². The summed E-state index contributed by atoms with van der Waals surface area (Å²) in [6.07, 6.45) is 4.34. The lowest BCUT2D eigenvalue weighted by Crippen LogP contribution is -2.41. The summed E-state index contributed by atoms with van der Waals surface area (Å²) in [5, 5.41) is 5.81. The lowest BCUT2D eigenvalue weighted by atomic mass is 10.1. The maximum absolute atomic E-state index is 12.5. The fourth-order valence-corrected chi connectivity index (χ4v) is 2.93. The van der Waals surface area contributed by atoms with Gasteiger partial charge in [-0.15, -0.1) is 0 Å². The molecule has 2 rings (SSSR count). The summed E-state index contributed by atoms with van der Waals surface area (Å²) in [6.45, 7) is 1.31. The molecule has 1 aromatic rings. The molecule has 6 nitrogen and oxygen atoms in total. The lowest BCUT2D eigenvalue weighted by Gasteiger charge is -2.24. The molecule has 0 aromatic heterocycles. The van der Waals surface area contributed by atoms with Crippen LogP contribution in [-0.2, 0) is 9.59 Å². The highest BCUT2D eigenvalue weighted by molar-refractivity contribution is 5.96. The number of carbonyl (C=O) groups is 2. The molecule has 0 aliphatic carbocycles. The van der Waals surface area contributed by atoms with Crippen molar-refractivity contribution in [2.24, 2.45) is 0 Å². The fourth-order valence-electron chi connectivity index (χ4n) is 2.93. The first kappa shape index (κ1) is 18.4. The van der Waals surface area contributed by atoms with Crippen molar-refractivity contribution in [3.8, 4) is 0 Å². The molecule has 2 N–H and O–H groups in total. The number of hydrogen-bond donors (Lipinski definition) is 2. The maximum Gasteiger partial charge on any atom is 0.241 e. The summed E-state index contributed by atoms with van der Waals surface area (Å²) >= 11 is 0. The van der Waals surface area contributed by atoms with Crippen LogP contribution in [0.2, 0.25) is 0 Å². The van der Waals surface area contributed by atoms with Crippen LogP contribution in [0.4, 0.5) is 11.4 Å². The Kier molecular flexibility index (Phi) is 6.75. The molecule has 24 heavy (non-hydrogen) atoms. The molecule has 1 unspecified atom stereocenters. The molecule has 1 heterocycles. The summed E-state index contributed by atoms with van der Waals surface area (Å²) in [4.78, 5) is 28.2. The summed E-state index contributed by atoms with van der Waals surface area (Å²) in [7, 11) is 5.71. The number of likely N-dealkylation sites (N-methyl/N-ethyl adjacent to an activating group) is 2. The number of benzene rings is 1. The molecule has 6 heteroatoms. The third-order valence-electron chi connectivity index (χ3n) is 4.22. The standard InChI is InChI=1S/C18H28N4O2/c1-21(2)13-17(23)19-14-8-10-15(11-9-14)20-18(24)16-7-5-4-6-12-22(16)3/h8-11,16H,4-7,12-13H2,1-3H3,(H,19,23)(H,20,24). The molecule has 1 aliphatic heterocycles. The molecule has 0 radical (unpaired) electrons. The van der Waals surface area contributed by atoms with Crippen LogP contribution in [0.25, 0.3) is 0 Å². The molecule has 0 spiro atoms. The molecule has 1 aliphatic rings. The van der Waals surface area contributed by atoms with Crippen molar-refractivity contribution >= 4 is 23.2 Å². The first-order chi connectivity index (χ1) is 11.5. The Labute approximate surface area is 144 Å². The normalized spacial score (nSPS) is 18.9. The van der Waals surface area contributed by atoms with Gasteiger partial charge in [-0.2, -0.15) is 0 Å². The summed E-state index contributed by atoms with van der Waals surface area (Å²) < 4.78 is 0. The summed E-state index contributed by atoms with van der Waals surface area (Å²) in [5.74, 6) is -0.0133. The minimum atomic E-state index is -0.0630. The summed E-state index contributed by atoms with van der Waals surface area (Å²) in [6, 6.07) is 7.19. The Bertz CT molecular complexity index is 557. The van der Waals surface area contributed by atoms with Gasteiger partial charge in [0.1, 0.15) is 0 Å². The molecular formula is C18H28N4O2. The monoisotopic (exact) mass is 332 g/mol. The van der Waals surface area contributed by atoms with Gasteiger partial charge in [-0.05, 0) is 64.8 Å². The number of carbonyl (C=O) groups excluding carboxylic acids is 2. The predicted molar refractivity (Wildman–Crippen MR) is 97.1 cm³/mol. The van der Waals surface area contributed by atoms with Crippen LogP contribution in [0.1, 0.15) is 25.7 Å². The van der Waals surface area contributed by atoms with Crippen LogP contribution < -0.4 is 10.6 Å². The second kappa shape index (κ2) is 8.80. The highest BCUT2D eigenvalue weighted by Gasteiger charge is 2.24. The molecular weight excluding hydrogens is 304 g/mol. The van der Waals surface area contributed by atoms with Crippen molar-refractivity contribution in [2.75, 3.05) is 44.9 Å². The Morgan fingerprint density at radius 2 is 1.71 bits per heavy atom. The van der Waals surface area contributed by atoms with E-state index in [1.165, 1.54) is 6.42 Å². The molecule has 1 saturated heterocycles. The molecule has 1 fully saturated rings. The Morgan fingerprint density at radius 3 is 2.33 bits per heavy atom. The van der Waals surface area contributed by atoms with Gasteiger partial charge in [0.25, 0.3) is 0 Å². The van der Waals surface area contributed by atoms with Crippen molar-refractivity contribution in [2.45, 2.75) is 31.7 Å². The first-order valence-corrected chi connectivity index (χ1v) is 8.51. The van der Waals surface area contributed by atoms with Gasteiger partial charge in [0.15, 0.2) is 0 Å². The fraction of sp³-hybridized carbons (Fsp3) is 0.556. The van der Waals surface area contributed by atoms with E-state index in [2.05, 4.69) is 15.5 Å². The van der Waals surface area contributed by atoms with Gasteiger partial charge in [0.2, 0.25) is 11.8 Å². The van der Waals surface area contributed by atoms with Crippen LogP contribution in [0.3, 0.4) is 0 Å². The topological polar surface area (TPSA) is 64.7 Å². The Hall–Kier alpha value is -1.92. The van der Waals surface area contributed by atoms with Gasteiger partial charge < -0.3 is 15.5 Å². The van der Waals surface area contributed by atoms with Crippen molar-refractivity contribution in [1.82, 2.24) is 9.80 Å². The SMILES string of the molecule is CN(C)CC(=O)Nc1ccc(NC(=O)C2CCCCCN2C)cc1. The van der Waals surface area contributed by atoms with E-state index in [0.29, 0.717) is 6.54 Å². The Morgan fingerprint density at radius 1 is 1.08 bits per heavy atom. The van der Waals surface area contributed by atoms with Crippen LogP contribution in [0.15, 0.2) is 24.3 Å². The number of hydrogen-bond acceptors (Lipinski definition) is 4. The van der Waals surface area contributed by atoms with E-state index in [9.17, 15) is 9.59 Å². The van der Waals surface area contributed by atoms with E-state index >= 15 is 0 Å². The van der Waals surface area contributed by atoms with E-state index in [1.807, 2.05) is 38.2 Å². The second-order valence-corrected chi connectivity index (χ2v) is 6.70. The van der Waals surface area contributed by atoms with E-state index in [4.69, 9.17) is 0 Å². The zero-order valence-corrected chi connectivity index (χ0v) is 14.8. The third-order valence-corrected chi connectivity index (χ3v) is 4.22. The third kappa shape index (κ3) is 5.62. The zero-order valence-electron chi connectivity index (χ0n) is 14.8. The minimum Gasteiger partial charge on any atom is -0.325 e. The van der Waals surface area contributed by atoms with Crippen LogP contribution in [0.5, 0.6) is 0 Å². The van der Waals surface area contributed by atoms with Crippen LogP contribution in [-0.4, -0.2) is 61.9 Å². The zero-order chi connectivity index (χ0) is 17.5. The van der Waals surface area contributed by atoms with Gasteiger partial charge >= 0.3 is 0 Å². The van der Waals surface area contributed by atoms with Gasteiger partial charge in [-0.1, -0.05) is 12.8 Å². The number of nitrogens with one attached hydrogen (secondary N) is 2. The van der Waals surface area contributed by atoms with E-state index in [-0.39, 0.29) is 17.9 Å². The van der Waals surface area contributed by atoms with Crippen LogP contribution >= 0.6 is 0 Å². The Balaban J connectivity index is 1.91. The van der Waals surface area contributed by atoms with Crippen molar-refractivity contribution in [3.63, 3.8) is 0 Å². The highest BCUT2D eigenvalue weighted by Crippen LogP contribution is 2.18. The minimum absolute atomic E-state index is 0.0452. The average molecular weight is 332 g/mol. The van der Waals surface area contributed by atoms with Gasteiger partial charge in [-0.3, -0.25) is 14.5 Å². The van der Waals surface area contributed by atoms with Crippen molar-refractivity contribution in [3.05, 3.63) is 24.3 Å². The number of nitrogens with zero attached hydrogens (tertiary/aromatic N) is 2. The summed E-state index contributed by atoms with van der Waals surface area (Å²) in [5.41, 5.74) is 1.48. The van der Waals surface area contributed by atoms with E-state index < -0.39 is 0 Å². The number of amides is 2. The molecule has 0 bridgehead atoms. The molecule has 0 saturated carbocycles. The predicted octanol–water partition coefficient (Wildman–Crippen LogP) is 2.00. The van der Waals surface area contributed by atoms with E-state index in [0.717, 1.165) is 37.2 Å². The second-order valence-electron chi connectivity index (χ2n) is 6.70. The lowest BCUT2D eigenvalue weighted by molar-refractivity contribution is -0.121. The maximum atomic E-state index is 12.5. The molecule has 2 amide bonds. The molecule has 1 atom stereocenters. The van der Waals surface area contributed by atoms with Crippen LogP contribution in [0, 0.1) is 0 Å². The van der Waals surface area contributed by atoms with Gasteiger partial charge in [0.05, 0.1) is 12.6 Å². The first-order valence-electron chi connectivity index (χ1n) is 8.51. The van der Waals surface area contributed by atoms with Crippen molar-refractivity contribution < 1.29 is 9.59 Å². The number of anilines is 2. The number of rotatable bonds is 5. The highest BCUT2D eigenvalue weighted by atomic mass is 16.2. The largest absolute Gasteiger partial charge is 0.325 e. The smallest absolute Gasteiger partial charge is 0.241 e. The number of likely N-dealkylation sites (tertiary alicyclic amines) is 1. The van der Waals surface area contributed by atoms with Crippen molar-refractivity contribution in [1.29, 1.82) is 0 Å².